The van der Waals surface area contributed by atoms with Gasteiger partial charge in [-0.1, -0.05) is 33.3 Å². The molecule has 0 aromatic carbocycles. The number of ether oxygens (including phenoxy) is 4. The number of cyclic esters (lactones) is 1. The largest absolute Gasteiger partial charge is 0.472 e. The summed E-state index contributed by atoms with van der Waals surface area (Å²) in [6.45, 7) is 9.39. The molecule has 8 atom stereocenters. The molecule has 8 unspecified atom stereocenters. The molecule has 0 spiro atoms. The normalized spacial score (nSPS) is 37.5. The van der Waals surface area contributed by atoms with Crippen molar-refractivity contribution in [1.82, 2.24) is 0 Å². The molecule has 0 radical (unpaired) electrons. The summed E-state index contributed by atoms with van der Waals surface area (Å²) in [5.41, 5.74) is -3.44. The Labute approximate surface area is 243 Å². The van der Waals surface area contributed by atoms with Crippen molar-refractivity contribution in [1.29, 1.82) is 0 Å². The van der Waals surface area contributed by atoms with Crippen LogP contribution in [0.1, 0.15) is 78.9 Å². The van der Waals surface area contributed by atoms with E-state index in [9.17, 15) is 29.1 Å². The second kappa shape index (κ2) is 9.79. The Kier molecular flexibility index (Phi) is 6.99. The van der Waals surface area contributed by atoms with Crippen LogP contribution in [0.25, 0.3) is 0 Å². The van der Waals surface area contributed by atoms with Crippen LogP contribution >= 0.6 is 0 Å². The summed E-state index contributed by atoms with van der Waals surface area (Å²) in [5, 5.41) is 12.4. The molecule has 2 heterocycles. The van der Waals surface area contributed by atoms with E-state index < -0.39 is 81.7 Å². The molecule has 2 bridgehead atoms. The van der Waals surface area contributed by atoms with E-state index >= 15 is 0 Å². The van der Waals surface area contributed by atoms with Crippen LogP contribution in [0.5, 0.6) is 0 Å². The van der Waals surface area contributed by atoms with E-state index in [0.29, 0.717) is 24.0 Å². The number of furan rings is 1. The molecule has 228 valence electrons. The van der Waals surface area contributed by atoms with Crippen molar-refractivity contribution >= 4 is 29.7 Å². The highest BCUT2D eigenvalue weighted by molar-refractivity contribution is 5.98. The summed E-state index contributed by atoms with van der Waals surface area (Å²) < 4.78 is 27.5. The van der Waals surface area contributed by atoms with Gasteiger partial charge in [0.2, 0.25) is 6.10 Å². The molecule has 42 heavy (non-hydrogen) atoms. The van der Waals surface area contributed by atoms with Gasteiger partial charge in [-0.25, -0.2) is 4.79 Å². The number of hydrogen-bond donors (Lipinski definition) is 1. The Morgan fingerprint density at radius 3 is 2.36 bits per heavy atom. The van der Waals surface area contributed by atoms with Gasteiger partial charge in [-0.05, 0) is 30.4 Å². The van der Waals surface area contributed by atoms with Crippen molar-refractivity contribution in [3.8, 4) is 0 Å². The van der Waals surface area contributed by atoms with E-state index in [-0.39, 0.29) is 12.8 Å². The maximum Gasteiger partial charge on any atom is 0.347 e. The summed E-state index contributed by atoms with van der Waals surface area (Å²) in [6.07, 6.45) is 0.222. The molecule has 3 aliphatic carbocycles. The molecule has 1 saturated heterocycles. The van der Waals surface area contributed by atoms with Gasteiger partial charge in [0.1, 0.15) is 12.2 Å². The van der Waals surface area contributed by atoms with Gasteiger partial charge in [0.05, 0.1) is 26.1 Å². The fourth-order valence-electron chi connectivity index (χ4n) is 8.93. The van der Waals surface area contributed by atoms with Gasteiger partial charge in [0.25, 0.3) is 0 Å². The average Bonchev–Trinajstić information content (AvgIpc) is 3.43. The summed E-state index contributed by atoms with van der Waals surface area (Å²) in [4.78, 5) is 65.6. The molecular weight excluding hydrogens is 548 g/mol. The SMILES string of the molecule is COC(=O)C(OC(C)=O)C1C(C)(C)C(OC(C)=O)C2(O)CC3=C4CC(=O)OC(c5ccoc5)C4(C)CCC3C1(C)C2=O. The maximum atomic E-state index is 14.6. The summed E-state index contributed by atoms with van der Waals surface area (Å²) in [6, 6.07) is 1.74. The lowest BCUT2D eigenvalue weighted by Crippen LogP contribution is -2.76. The molecular formula is C31H38O11. The topological polar surface area (TPSA) is 156 Å². The minimum Gasteiger partial charge on any atom is -0.472 e. The Morgan fingerprint density at radius 1 is 1.10 bits per heavy atom. The number of ketones is 1. The third-order valence-electron chi connectivity index (χ3n) is 10.4. The lowest BCUT2D eigenvalue weighted by atomic mass is 9.39. The monoisotopic (exact) mass is 586 g/mol. The van der Waals surface area contributed by atoms with Crippen molar-refractivity contribution in [2.75, 3.05) is 7.11 Å². The minimum absolute atomic E-state index is 0.0479. The number of hydrogen-bond acceptors (Lipinski definition) is 11. The third-order valence-corrected chi connectivity index (χ3v) is 10.4. The highest BCUT2D eigenvalue weighted by Gasteiger charge is 2.76. The number of methoxy groups -OCH3 is 1. The highest BCUT2D eigenvalue weighted by Crippen LogP contribution is 2.69. The van der Waals surface area contributed by atoms with Crippen LogP contribution in [0.4, 0.5) is 0 Å². The van der Waals surface area contributed by atoms with E-state index in [4.69, 9.17) is 23.4 Å². The zero-order valence-corrected chi connectivity index (χ0v) is 25.0. The van der Waals surface area contributed by atoms with E-state index in [2.05, 4.69) is 0 Å². The van der Waals surface area contributed by atoms with Crippen molar-refractivity contribution in [3.63, 3.8) is 0 Å². The molecule has 1 aromatic rings. The lowest BCUT2D eigenvalue weighted by molar-refractivity contribution is -0.248. The smallest absolute Gasteiger partial charge is 0.347 e. The van der Waals surface area contributed by atoms with Crippen molar-refractivity contribution in [3.05, 3.63) is 35.3 Å². The van der Waals surface area contributed by atoms with Crippen molar-refractivity contribution in [2.24, 2.45) is 28.1 Å². The van der Waals surface area contributed by atoms with Crippen LogP contribution in [0, 0.1) is 28.1 Å². The number of carbonyl (C=O) groups is 5. The predicted molar refractivity (Wildman–Crippen MR) is 143 cm³/mol. The number of esters is 4. The van der Waals surface area contributed by atoms with Crippen LogP contribution in [0.3, 0.4) is 0 Å². The predicted octanol–water partition coefficient (Wildman–Crippen LogP) is 3.38. The van der Waals surface area contributed by atoms with Gasteiger partial charge in [-0.2, -0.15) is 0 Å². The first-order chi connectivity index (χ1) is 19.5. The van der Waals surface area contributed by atoms with Gasteiger partial charge in [-0.15, -0.1) is 0 Å². The van der Waals surface area contributed by atoms with Gasteiger partial charge in [0, 0.05) is 48.0 Å². The molecule has 11 nitrogen and oxygen atoms in total. The molecule has 1 aromatic heterocycles. The number of fused-ring (bicyclic) bond motifs is 5. The van der Waals surface area contributed by atoms with E-state index in [1.807, 2.05) is 6.92 Å². The minimum atomic E-state index is -2.18. The Bertz CT molecular complexity index is 1370. The second-order valence-corrected chi connectivity index (χ2v) is 13.2. The Morgan fingerprint density at radius 2 is 1.79 bits per heavy atom. The van der Waals surface area contributed by atoms with Gasteiger partial charge in [0.15, 0.2) is 11.4 Å². The van der Waals surface area contributed by atoms with Crippen LogP contribution in [0.15, 0.2) is 34.2 Å². The standard InChI is InChI=1S/C31H38O11/c1-15(32)40-22(25(35)38-7)23-28(3,4)27(41-16(2)33)31(37)13-18-19(30(23,6)26(31)36)8-10-29(5)20(18)12-21(34)42-24(29)17-9-11-39-14-17/h9,11,14,19,22-24,27,37H,8,10,12-13H2,1-7H3. The summed E-state index contributed by atoms with van der Waals surface area (Å²) in [7, 11) is 1.16. The zero-order valence-electron chi connectivity index (χ0n) is 25.0. The zero-order chi connectivity index (χ0) is 31.0. The Hall–Kier alpha value is -3.47. The number of aliphatic hydroxyl groups is 1. The maximum absolute atomic E-state index is 14.6. The highest BCUT2D eigenvalue weighted by atomic mass is 16.6. The molecule has 1 N–H and O–H groups in total. The van der Waals surface area contributed by atoms with Crippen molar-refractivity contribution in [2.45, 2.75) is 91.1 Å². The van der Waals surface area contributed by atoms with Crippen LogP contribution in [-0.2, 0) is 42.9 Å². The molecule has 0 amide bonds. The van der Waals surface area contributed by atoms with E-state index in [0.717, 1.165) is 19.6 Å². The Balaban J connectivity index is 1.78. The van der Waals surface area contributed by atoms with Crippen LogP contribution < -0.4 is 0 Å². The average molecular weight is 587 g/mol. The molecule has 5 rings (SSSR count). The summed E-state index contributed by atoms with van der Waals surface area (Å²) in [5.74, 6) is -5.00. The van der Waals surface area contributed by atoms with Gasteiger partial charge in [-0.3, -0.25) is 19.2 Å². The van der Waals surface area contributed by atoms with E-state index in [1.54, 1.807) is 26.8 Å². The molecule has 2 saturated carbocycles. The van der Waals surface area contributed by atoms with Crippen LogP contribution in [0.2, 0.25) is 0 Å². The van der Waals surface area contributed by atoms with Gasteiger partial charge < -0.3 is 28.5 Å². The molecule has 1 aliphatic heterocycles. The first kappa shape index (κ1) is 30.0. The molecule has 3 fully saturated rings. The lowest BCUT2D eigenvalue weighted by Gasteiger charge is -2.66. The fourth-order valence-corrected chi connectivity index (χ4v) is 8.93. The number of Topliss-reactive ketones (excluding diaryl/α,β-unsaturated/α-hetero) is 1. The van der Waals surface area contributed by atoms with Crippen molar-refractivity contribution < 1.29 is 52.4 Å². The van der Waals surface area contributed by atoms with E-state index in [1.165, 1.54) is 19.5 Å². The first-order valence-electron chi connectivity index (χ1n) is 14.2. The molecule has 4 aliphatic rings. The van der Waals surface area contributed by atoms with Gasteiger partial charge >= 0.3 is 23.9 Å². The second-order valence-electron chi connectivity index (χ2n) is 13.2. The van der Waals surface area contributed by atoms with Crippen LogP contribution in [-0.4, -0.2) is 59.7 Å². The number of rotatable bonds is 5. The third kappa shape index (κ3) is 4.06. The fraction of sp³-hybridized carbons (Fsp3) is 0.645. The number of carbonyl (C=O) groups excluding carboxylic acids is 5. The first-order valence-corrected chi connectivity index (χ1v) is 14.2. The quantitative estimate of drug-likeness (QED) is 0.307. The molecule has 11 heteroatoms. The summed E-state index contributed by atoms with van der Waals surface area (Å²) >= 11 is 0.